The van der Waals surface area contributed by atoms with E-state index in [2.05, 4.69) is 0 Å². The number of carboxylic acids is 1. The second kappa shape index (κ2) is 3.59. The molecule has 0 bridgehead atoms. The predicted molar refractivity (Wildman–Crippen MR) is 59.6 cm³/mol. The Balaban J connectivity index is 2.87. The minimum atomic E-state index is -0.922. The van der Waals surface area contributed by atoms with Crippen LogP contribution in [-0.4, -0.2) is 15.6 Å². The number of carbonyl (C=O) groups is 1. The van der Waals surface area contributed by atoms with E-state index in [0.717, 1.165) is 5.52 Å². The van der Waals surface area contributed by atoms with Gasteiger partial charge in [-0.25, -0.2) is 4.79 Å². The highest BCUT2D eigenvalue weighted by Gasteiger charge is 2.14. The van der Waals surface area contributed by atoms with Gasteiger partial charge in [0.05, 0.1) is 16.1 Å². The Kier molecular flexibility index (Phi) is 2.40. The van der Waals surface area contributed by atoms with Crippen LogP contribution >= 0.6 is 11.6 Å². The second-order valence-corrected chi connectivity index (χ2v) is 3.68. The van der Waals surface area contributed by atoms with Gasteiger partial charge in [-0.1, -0.05) is 23.7 Å². The van der Waals surface area contributed by atoms with Crippen molar-refractivity contribution in [2.24, 2.45) is 0 Å². The number of rotatable bonds is 2. The summed E-state index contributed by atoms with van der Waals surface area (Å²) in [6.07, 6.45) is 1.62. The first-order valence-corrected chi connectivity index (χ1v) is 5.03. The van der Waals surface area contributed by atoms with Crippen LogP contribution in [0.4, 0.5) is 0 Å². The molecule has 0 amide bonds. The summed E-state index contributed by atoms with van der Waals surface area (Å²) in [7, 11) is 0. The van der Waals surface area contributed by atoms with Gasteiger partial charge in [0.2, 0.25) is 0 Å². The Morgan fingerprint density at radius 3 is 2.87 bits per heavy atom. The van der Waals surface area contributed by atoms with E-state index in [0.29, 0.717) is 22.5 Å². The molecule has 0 saturated carbocycles. The van der Waals surface area contributed by atoms with Gasteiger partial charge in [-0.15, -0.1) is 0 Å². The molecule has 0 radical (unpaired) electrons. The largest absolute Gasteiger partial charge is 0.478 e. The third kappa shape index (κ3) is 1.49. The van der Waals surface area contributed by atoms with Crippen LogP contribution in [0.5, 0.6) is 0 Å². The molecule has 78 valence electrons. The Morgan fingerprint density at radius 1 is 1.53 bits per heavy atom. The number of hydrogen-bond donors (Lipinski definition) is 1. The van der Waals surface area contributed by atoms with E-state index < -0.39 is 5.97 Å². The lowest BCUT2D eigenvalue weighted by atomic mass is 10.2. The fourth-order valence-electron chi connectivity index (χ4n) is 1.73. The fraction of sp³-hybridized carbons (Fsp3) is 0.182. The molecule has 0 aliphatic carbocycles. The Bertz CT molecular complexity index is 531. The van der Waals surface area contributed by atoms with Crippen molar-refractivity contribution < 1.29 is 9.90 Å². The molecule has 0 saturated heterocycles. The molecule has 2 rings (SSSR count). The molecule has 0 fully saturated rings. The summed E-state index contributed by atoms with van der Waals surface area (Å²) in [4.78, 5) is 11.0. The quantitative estimate of drug-likeness (QED) is 0.851. The highest BCUT2D eigenvalue weighted by atomic mass is 35.5. The lowest BCUT2D eigenvalue weighted by Crippen LogP contribution is -1.94. The topological polar surface area (TPSA) is 42.2 Å². The standard InChI is InChI=1S/C11H10ClNO2/c1-2-13-6-8(11(14)15)7-4-3-5-9(12)10(7)13/h3-6H,2H2,1H3,(H,14,15). The number of aromatic nitrogens is 1. The highest BCUT2D eigenvalue weighted by Crippen LogP contribution is 2.27. The lowest BCUT2D eigenvalue weighted by molar-refractivity contribution is 0.0699. The summed E-state index contributed by atoms with van der Waals surface area (Å²) in [5.74, 6) is -0.922. The third-order valence-corrected chi connectivity index (χ3v) is 2.73. The zero-order chi connectivity index (χ0) is 11.0. The number of para-hydroxylation sites is 1. The molecule has 15 heavy (non-hydrogen) atoms. The number of nitrogens with zero attached hydrogens (tertiary/aromatic N) is 1. The van der Waals surface area contributed by atoms with Crippen LogP contribution in [0.3, 0.4) is 0 Å². The maximum Gasteiger partial charge on any atom is 0.337 e. The van der Waals surface area contributed by atoms with Crippen molar-refractivity contribution in [2.45, 2.75) is 13.5 Å². The fourth-order valence-corrected chi connectivity index (χ4v) is 2.02. The molecular weight excluding hydrogens is 214 g/mol. The van der Waals surface area contributed by atoms with E-state index in [1.54, 1.807) is 24.4 Å². The van der Waals surface area contributed by atoms with Crippen LogP contribution in [0.15, 0.2) is 24.4 Å². The first kappa shape index (κ1) is 10.1. The summed E-state index contributed by atoms with van der Waals surface area (Å²) >= 11 is 6.05. The number of aromatic carboxylic acids is 1. The molecule has 3 nitrogen and oxygen atoms in total. The number of fused-ring (bicyclic) bond motifs is 1. The zero-order valence-electron chi connectivity index (χ0n) is 8.20. The van der Waals surface area contributed by atoms with Crippen LogP contribution in [0, 0.1) is 0 Å². The third-order valence-electron chi connectivity index (χ3n) is 2.42. The van der Waals surface area contributed by atoms with Gasteiger partial charge in [-0.3, -0.25) is 0 Å². The number of carboxylic acid groups (broad SMARTS) is 1. The van der Waals surface area contributed by atoms with Crippen molar-refractivity contribution in [1.82, 2.24) is 4.57 Å². The van der Waals surface area contributed by atoms with Gasteiger partial charge in [0.25, 0.3) is 0 Å². The summed E-state index contributed by atoms with van der Waals surface area (Å²) in [5.41, 5.74) is 1.09. The Labute approximate surface area is 91.9 Å². The summed E-state index contributed by atoms with van der Waals surface area (Å²) in [6.45, 7) is 2.65. The summed E-state index contributed by atoms with van der Waals surface area (Å²) in [5, 5.41) is 10.3. The number of benzene rings is 1. The first-order valence-electron chi connectivity index (χ1n) is 4.65. The molecule has 1 aromatic heterocycles. The van der Waals surface area contributed by atoms with Crippen molar-refractivity contribution in [2.75, 3.05) is 0 Å². The van der Waals surface area contributed by atoms with Gasteiger partial charge in [-0.05, 0) is 13.0 Å². The maximum atomic E-state index is 11.0. The number of hydrogen-bond acceptors (Lipinski definition) is 1. The first-order chi connectivity index (χ1) is 7.15. The van der Waals surface area contributed by atoms with E-state index >= 15 is 0 Å². The summed E-state index contributed by atoms with van der Waals surface area (Å²) in [6, 6.07) is 5.30. The average Bonchev–Trinajstić information content (AvgIpc) is 2.58. The maximum absolute atomic E-state index is 11.0. The van der Waals surface area contributed by atoms with E-state index in [4.69, 9.17) is 16.7 Å². The van der Waals surface area contributed by atoms with E-state index in [-0.39, 0.29) is 0 Å². The van der Waals surface area contributed by atoms with E-state index in [1.165, 1.54) is 0 Å². The van der Waals surface area contributed by atoms with Gasteiger partial charge >= 0.3 is 5.97 Å². The van der Waals surface area contributed by atoms with Crippen molar-refractivity contribution in [3.8, 4) is 0 Å². The van der Waals surface area contributed by atoms with Gasteiger partial charge < -0.3 is 9.67 Å². The van der Waals surface area contributed by atoms with Crippen LogP contribution in [-0.2, 0) is 6.54 Å². The lowest BCUT2D eigenvalue weighted by Gasteiger charge is -2.01. The van der Waals surface area contributed by atoms with Crippen molar-refractivity contribution in [1.29, 1.82) is 0 Å². The normalized spacial score (nSPS) is 10.8. The van der Waals surface area contributed by atoms with Gasteiger partial charge in [0.1, 0.15) is 0 Å². The molecule has 1 N–H and O–H groups in total. The smallest absolute Gasteiger partial charge is 0.337 e. The minimum Gasteiger partial charge on any atom is -0.478 e. The second-order valence-electron chi connectivity index (χ2n) is 3.27. The van der Waals surface area contributed by atoms with Crippen molar-refractivity contribution in [3.63, 3.8) is 0 Å². The van der Waals surface area contributed by atoms with Crippen molar-refractivity contribution >= 4 is 28.5 Å². The van der Waals surface area contributed by atoms with Crippen LogP contribution in [0.2, 0.25) is 5.02 Å². The van der Waals surface area contributed by atoms with E-state index in [1.807, 2.05) is 11.5 Å². The van der Waals surface area contributed by atoms with Crippen LogP contribution in [0.25, 0.3) is 10.9 Å². The molecule has 0 atom stereocenters. The average molecular weight is 224 g/mol. The zero-order valence-corrected chi connectivity index (χ0v) is 8.95. The molecule has 2 aromatic rings. The number of halogens is 1. The molecule has 4 heteroatoms. The predicted octanol–water partition coefficient (Wildman–Crippen LogP) is 3.01. The van der Waals surface area contributed by atoms with Crippen molar-refractivity contribution in [3.05, 3.63) is 35.0 Å². The van der Waals surface area contributed by atoms with Gasteiger partial charge in [0, 0.05) is 18.1 Å². The monoisotopic (exact) mass is 223 g/mol. The van der Waals surface area contributed by atoms with Crippen LogP contribution in [0.1, 0.15) is 17.3 Å². The molecule has 0 spiro atoms. The molecular formula is C11H10ClNO2. The molecule has 0 aliphatic heterocycles. The Morgan fingerprint density at radius 2 is 2.27 bits per heavy atom. The summed E-state index contributed by atoms with van der Waals surface area (Å²) < 4.78 is 1.85. The Hall–Kier alpha value is -1.48. The van der Waals surface area contributed by atoms with Crippen LogP contribution < -0.4 is 0 Å². The minimum absolute atomic E-state index is 0.300. The molecule has 0 unspecified atom stereocenters. The molecule has 0 aliphatic rings. The number of aryl methyl sites for hydroxylation is 1. The highest BCUT2D eigenvalue weighted by molar-refractivity contribution is 6.35. The molecule has 1 aromatic carbocycles. The van der Waals surface area contributed by atoms with Gasteiger partial charge in [-0.2, -0.15) is 0 Å². The SMILES string of the molecule is CCn1cc(C(=O)O)c2cccc(Cl)c21. The van der Waals surface area contributed by atoms with Gasteiger partial charge in [0.15, 0.2) is 0 Å². The molecule has 1 heterocycles. The van der Waals surface area contributed by atoms with E-state index in [9.17, 15) is 4.79 Å².